The molecule has 0 unspecified atom stereocenters. The van der Waals surface area contributed by atoms with Gasteiger partial charge in [0.05, 0.1) is 18.4 Å². The summed E-state index contributed by atoms with van der Waals surface area (Å²) in [5.41, 5.74) is 3.25. The van der Waals surface area contributed by atoms with Gasteiger partial charge in [0.2, 0.25) is 0 Å². The summed E-state index contributed by atoms with van der Waals surface area (Å²) in [6.07, 6.45) is 5.64. The first-order valence-corrected chi connectivity index (χ1v) is 7.36. The van der Waals surface area contributed by atoms with E-state index in [1.807, 2.05) is 48.3 Å². The molecule has 102 valence electrons. The Morgan fingerprint density at radius 1 is 1.25 bits per heavy atom. The molecule has 3 rings (SSSR count). The Labute approximate surface area is 126 Å². The van der Waals surface area contributed by atoms with Crippen LogP contribution < -0.4 is 5.32 Å². The second-order valence-corrected chi connectivity index (χ2v) is 6.14. The van der Waals surface area contributed by atoms with Gasteiger partial charge in [-0.2, -0.15) is 5.10 Å². The predicted octanol–water partition coefficient (Wildman–Crippen LogP) is 3.90. The number of nitrogens with one attached hydrogen (secondary N) is 1. The third-order valence-corrected chi connectivity index (χ3v) is 3.95. The second kappa shape index (κ2) is 5.64. The van der Waals surface area contributed by atoms with Crippen LogP contribution >= 0.6 is 22.9 Å². The van der Waals surface area contributed by atoms with E-state index in [0.29, 0.717) is 4.47 Å². The number of aromatic nitrogens is 3. The molecule has 0 aliphatic rings. The van der Waals surface area contributed by atoms with Crippen LogP contribution in [0.2, 0.25) is 4.47 Å². The highest BCUT2D eigenvalue weighted by Crippen LogP contribution is 2.19. The summed E-state index contributed by atoms with van der Waals surface area (Å²) >= 11 is 7.29. The first kappa shape index (κ1) is 13.1. The van der Waals surface area contributed by atoms with E-state index in [4.69, 9.17) is 11.6 Å². The highest BCUT2D eigenvalue weighted by atomic mass is 35.5. The molecule has 0 saturated heterocycles. The maximum atomic E-state index is 5.80. The highest BCUT2D eigenvalue weighted by molar-refractivity contribution is 7.15. The SMILES string of the molecule is Cc1cnn(-c2ccc(NCc3cnc(Cl)s3)cc2)c1. The van der Waals surface area contributed by atoms with Crippen LogP contribution in [0.15, 0.2) is 42.9 Å². The molecule has 2 aromatic heterocycles. The van der Waals surface area contributed by atoms with E-state index in [2.05, 4.69) is 15.4 Å². The van der Waals surface area contributed by atoms with Crippen LogP contribution in [0.4, 0.5) is 5.69 Å². The van der Waals surface area contributed by atoms with Gasteiger partial charge >= 0.3 is 0 Å². The summed E-state index contributed by atoms with van der Waals surface area (Å²) in [6.45, 7) is 2.75. The van der Waals surface area contributed by atoms with Gasteiger partial charge in [-0.1, -0.05) is 11.6 Å². The zero-order chi connectivity index (χ0) is 13.9. The minimum Gasteiger partial charge on any atom is -0.380 e. The van der Waals surface area contributed by atoms with E-state index in [0.717, 1.165) is 28.4 Å². The Balaban J connectivity index is 1.67. The van der Waals surface area contributed by atoms with Gasteiger partial charge in [0.1, 0.15) is 0 Å². The lowest BCUT2D eigenvalue weighted by Crippen LogP contribution is -1.98. The molecule has 1 N–H and O–H groups in total. The maximum absolute atomic E-state index is 5.80. The number of anilines is 1. The molecule has 0 saturated carbocycles. The Hall–Kier alpha value is -1.85. The van der Waals surface area contributed by atoms with Crippen molar-refractivity contribution in [3.8, 4) is 5.69 Å². The van der Waals surface area contributed by atoms with Crippen molar-refractivity contribution in [1.29, 1.82) is 0 Å². The van der Waals surface area contributed by atoms with E-state index in [-0.39, 0.29) is 0 Å². The summed E-state index contributed by atoms with van der Waals surface area (Å²) in [5, 5.41) is 7.63. The predicted molar refractivity (Wildman–Crippen MR) is 82.8 cm³/mol. The molecule has 0 amide bonds. The highest BCUT2D eigenvalue weighted by Gasteiger charge is 2.01. The zero-order valence-electron chi connectivity index (χ0n) is 10.9. The van der Waals surface area contributed by atoms with Crippen LogP contribution in [0.25, 0.3) is 5.69 Å². The fraction of sp³-hybridized carbons (Fsp3) is 0.143. The topological polar surface area (TPSA) is 42.7 Å². The van der Waals surface area contributed by atoms with Gasteiger partial charge in [0, 0.05) is 23.0 Å². The molecule has 4 nitrogen and oxygen atoms in total. The van der Waals surface area contributed by atoms with E-state index in [9.17, 15) is 0 Å². The lowest BCUT2D eigenvalue weighted by Gasteiger charge is -2.06. The number of aryl methyl sites for hydroxylation is 1. The molecular formula is C14H13ClN4S. The van der Waals surface area contributed by atoms with Crippen molar-refractivity contribution in [2.75, 3.05) is 5.32 Å². The molecule has 0 atom stereocenters. The lowest BCUT2D eigenvalue weighted by atomic mass is 10.3. The molecule has 0 fully saturated rings. The zero-order valence-corrected chi connectivity index (χ0v) is 12.4. The minimum absolute atomic E-state index is 0.575. The lowest BCUT2D eigenvalue weighted by molar-refractivity contribution is 0.880. The van der Waals surface area contributed by atoms with Gasteiger partial charge in [0.25, 0.3) is 0 Å². The van der Waals surface area contributed by atoms with Crippen LogP contribution in [0.5, 0.6) is 0 Å². The normalized spacial score (nSPS) is 10.7. The Morgan fingerprint density at radius 3 is 2.65 bits per heavy atom. The van der Waals surface area contributed by atoms with Gasteiger partial charge in [-0.05, 0) is 36.8 Å². The summed E-state index contributed by atoms with van der Waals surface area (Å²) in [4.78, 5) is 5.13. The third-order valence-electron chi connectivity index (χ3n) is 2.84. The molecule has 2 heterocycles. The van der Waals surface area contributed by atoms with Crippen LogP contribution in [0.3, 0.4) is 0 Å². The Bertz CT molecular complexity index is 702. The monoisotopic (exact) mass is 304 g/mol. The quantitative estimate of drug-likeness (QED) is 0.795. The van der Waals surface area contributed by atoms with Crippen molar-refractivity contribution >= 4 is 28.6 Å². The minimum atomic E-state index is 0.575. The molecule has 0 bridgehead atoms. The number of rotatable bonds is 4. The molecule has 6 heteroatoms. The molecule has 20 heavy (non-hydrogen) atoms. The van der Waals surface area contributed by atoms with E-state index >= 15 is 0 Å². The van der Waals surface area contributed by atoms with Crippen LogP contribution in [0, 0.1) is 6.92 Å². The number of halogens is 1. The molecule has 0 aliphatic carbocycles. The molecule has 0 aliphatic heterocycles. The fourth-order valence-corrected chi connectivity index (χ4v) is 2.76. The van der Waals surface area contributed by atoms with Gasteiger partial charge < -0.3 is 5.32 Å². The van der Waals surface area contributed by atoms with Crippen molar-refractivity contribution in [2.45, 2.75) is 13.5 Å². The first-order chi connectivity index (χ1) is 9.70. The Morgan fingerprint density at radius 2 is 2.05 bits per heavy atom. The molecule has 3 aromatic rings. The van der Waals surface area contributed by atoms with Gasteiger partial charge in [0.15, 0.2) is 4.47 Å². The van der Waals surface area contributed by atoms with Gasteiger partial charge in [-0.3, -0.25) is 0 Å². The van der Waals surface area contributed by atoms with Gasteiger partial charge in [-0.25, -0.2) is 9.67 Å². The van der Waals surface area contributed by atoms with E-state index < -0.39 is 0 Å². The standard InChI is InChI=1S/C14H13ClN4S/c1-10-6-18-19(9-10)12-4-2-11(3-5-12)16-7-13-8-17-14(15)20-13/h2-6,8-9,16H,7H2,1H3. The summed E-state index contributed by atoms with van der Waals surface area (Å²) in [7, 11) is 0. The summed E-state index contributed by atoms with van der Waals surface area (Å²) < 4.78 is 2.44. The smallest absolute Gasteiger partial charge is 0.183 e. The first-order valence-electron chi connectivity index (χ1n) is 6.16. The number of nitrogens with zero attached hydrogens (tertiary/aromatic N) is 3. The summed E-state index contributed by atoms with van der Waals surface area (Å²) in [5.74, 6) is 0. The molecule has 0 spiro atoms. The number of thiazole rings is 1. The number of hydrogen-bond acceptors (Lipinski definition) is 4. The molecule has 1 aromatic carbocycles. The maximum Gasteiger partial charge on any atom is 0.183 e. The number of hydrogen-bond donors (Lipinski definition) is 1. The Kier molecular flexibility index (Phi) is 3.71. The van der Waals surface area contributed by atoms with Crippen molar-refractivity contribution in [3.63, 3.8) is 0 Å². The fourth-order valence-electron chi connectivity index (χ4n) is 1.84. The van der Waals surface area contributed by atoms with E-state index in [1.54, 1.807) is 6.20 Å². The molecule has 0 radical (unpaired) electrons. The van der Waals surface area contributed by atoms with Crippen molar-refractivity contribution in [3.05, 3.63) is 57.8 Å². The van der Waals surface area contributed by atoms with Crippen molar-refractivity contribution in [2.24, 2.45) is 0 Å². The van der Waals surface area contributed by atoms with E-state index in [1.165, 1.54) is 11.3 Å². The molecular weight excluding hydrogens is 292 g/mol. The van der Waals surface area contributed by atoms with Crippen LogP contribution in [-0.4, -0.2) is 14.8 Å². The second-order valence-electron chi connectivity index (χ2n) is 4.44. The average Bonchev–Trinajstić information content (AvgIpc) is 3.06. The average molecular weight is 305 g/mol. The third kappa shape index (κ3) is 3.00. The van der Waals surface area contributed by atoms with Gasteiger partial charge in [-0.15, -0.1) is 11.3 Å². The van der Waals surface area contributed by atoms with Crippen LogP contribution in [0.1, 0.15) is 10.4 Å². The van der Waals surface area contributed by atoms with Crippen molar-refractivity contribution in [1.82, 2.24) is 14.8 Å². The summed E-state index contributed by atoms with van der Waals surface area (Å²) in [6, 6.07) is 8.15. The van der Waals surface area contributed by atoms with Crippen molar-refractivity contribution < 1.29 is 0 Å². The number of benzene rings is 1. The van der Waals surface area contributed by atoms with Crippen LogP contribution in [-0.2, 0) is 6.54 Å². The largest absolute Gasteiger partial charge is 0.380 e.